The molecule has 22 heavy (non-hydrogen) atoms. The van der Waals surface area contributed by atoms with Crippen molar-refractivity contribution in [1.82, 2.24) is 9.97 Å². The minimum atomic E-state index is -0.150. The van der Waals surface area contributed by atoms with Gasteiger partial charge in [0.1, 0.15) is 5.75 Å². The molecule has 4 nitrogen and oxygen atoms in total. The second-order valence-electron chi connectivity index (χ2n) is 5.17. The van der Waals surface area contributed by atoms with Crippen LogP contribution in [0.4, 0.5) is 0 Å². The fourth-order valence-electron chi connectivity index (χ4n) is 2.63. The molecule has 0 aliphatic carbocycles. The van der Waals surface area contributed by atoms with Gasteiger partial charge >= 0.3 is 0 Å². The van der Waals surface area contributed by atoms with Crippen molar-refractivity contribution in [2.75, 3.05) is 0 Å². The molecule has 0 bridgehead atoms. The van der Waals surface area contributed by atoms with Crippen LogP contribution in [0.1, 0.15) is 16.2 Å². The summed E-state index contributed by atoms with van der Waals surface area (Å²) in [6.07, 6.45) is 0. The summed E-state index contributed by atoms with van der Waals surface area (Å²) in [5.41, 5.74) is 2.56. The van der Waals surface area contributed by atoms with Crippen LogP contribution >= 0.6 is 11.6 Å². The van der Waals surface area contributed by atoms with Crippen molar-refractivity contribution in [2.24, 2.45) is 0 Å². The minimum absolute atomic E-state index is 0.150. The maximum atomic E-state index is 12.6. The second-order valence-corrected chi connectivity index (χ2v) is 5.57. The molecule has 4 rings (SSSR count). The van der Waals surface area contributed by atoms with E-state index in [4.69, 9.17) is 11.6 Å². The molecule has 4 aromatic rings. The maximum Gasteiger partial charge on any atom is 0.225 e. The number of H-pyrrole nitrogens is 2. The van der Waals surface area contributed by atoms with Crippen LogP contribution in [-0.2, 0) is 0 Å². The average molecular weight is 311 g/mol. The molecule has 0 radical (unpaired) electrons. The minimum Gasteiger partial charge on any atom is -0.508 e. The van der Waals surface area contributed by atoms with Crippen molar-refractivity contribution >= 4 is 39.2 Å². The fourth-order valence-corrected chi connectivity index (χ4v) is 2.86. The van der Waals surface area contributed by atoms with E-state index in [2.05, 4.69) is 9.97 Å². The van der Waals surface area contributed by atoms with Gasteiger partial charge in [-0.3, -0.25) is 4.79 Å². The molecule has 2 aromatic carbocycles. The number of benzene rings is 2. The van der Waals surface area contributed by atoms with E-state index in [1.165, 1.54) is 0 Å². The highest BCUT2D eigenvalue weighted by Gasteiger charge is 2.15. The standard InChI is InChI=1S/C17H11ClN2O2/c18-12-2-1-3-14-11(12)8-16(20-14)17(22)15-7-9-6-10(21)4-5-13(9)19-15/h1-8,19-21H. The van der Waals surface area contributed by atoms with Gasteiger partial charge in [0.25, 0.3) is 0 Å². The van der Waals surface area contributed by atoms with Crippen LogP contribution in [-0.4, -0.2) is 20.9 Å². The van der Waals surface area contributed by atoms with Gasteiger partial charge in [-0.25, -0.2) is 0 Å². The van der Waals surface area contributed by atoms with E-state index in [1.807, 2.05) is 12.1 Å². The van der Waals surface area contributed by atoms with Gasteiger partial charge in [-0.1, -0.05) is 17.7 Å². The topological polar surface area (TPSA) is 68.9 Å². The van der Waals surface area contributed by atoms with Gasteiger partial charge in [0, 0.05) is 26.8 Å². The molecule has 2 heterocycles. The number of halogens is 1. The number of rotatable bonds is 2. The highest BCUT2D eigenvalue weighted by atomic mass is 35.5. The number of ketones is 1. The van der Waals surface area contributed by atoms with E-state index < -0.39 is 0 Å². The summed E-state index contributed by atoms with van der Waals surface area (Å²) in [5.74, 6) is 0.0193. The van der Waals surface area contributed by atoms with E-state index in [9.17, 15) is 9.90 Å². The zero-order valence-electron chi connectivity index (χ0n) is 11.4. The first kappa shape index (κ1) is 13.0. The molecule has 0 spiro atoms. The number of aromatic hydroxyl groups is 1. The number of phenols is 1. The first-order chi connectivity index (χ1) is 10.6. The zero-order chi connectivity index (χ0) is 15.3. The third-order valence-electron chi connectivity index (χ3n) is 3.70. The maximum absolute atomic E-state index is 12.6. The Morgan fingerprint density at radius 2 is 1.73 bits per heavy atom. The molecule has 5 heteroatoms. The summed E-state index contributed by atoms with van der Waals surface area (Å²) in [5, 5.41) is 11.7. The van der Waals surface area contributed by atoms with Crippen LogP contribution in [0.5, 0.6) is 5.75 Å². The number of fused-ring (bicyclic) bond motifs is 2. The van der Waals surface area contributed by atoms with Gasteiger partial charge in [-0.15, -0.1) is 0 Å². The van der Waals surface area contributed by atoms with Crippen LogP contribution < -0.4 is 0 Å². The lowest BCUT2D eigenvalue weighted by Gasteiger charge is -1.93. The Morgan fingerprint density at radius 1 is 0.955 bits per heavy atom. The van der Waals surface area contributed by atoms with Gasteiger partial charge in [0.2, 0.25) is 5.78 Å². The molecule has 0 unspecified atom stereocenters. The molecule has 0 atom stereocenters. The Labute approximate surface area is 130 Å². The van der Waals surface area contributed by atoms with E-state index in [0.29, 0.717) is 16.4 Å². The zero-order valence-corrected chi connectivity index (χ0v) is 12.1. The van der Waals surface area contributed by atoms with Gasteiger partial charge in [0.05, 0.1) is 11.4 Å². The third kappa shape index (κ3) is 1.96. The summed E-state index contributed by atoms with van der Waals surface area (Å²) in [6.45, 7) is 0. The lowest BCUT2D eigenvalue weighted by atomic mass is 10.2. The fraction of sp³-hybridized carbons (Fsp3) is 0. The summed E-state index contributed by atoms with van der Waals surface area (Å²) >= 11 is 6.14. The molecule has 3 N–H and O–H groups in total. The first-order valence-electron chi connectivity index (χ1n) is 6.75. The molecule has 108 valence electrons. The van der Waals surface area contributed by atoms with Gasteiger partial charge in [-0.2, -0.15) is 0 Å². The molecule has 0 saturated heterocycles. The Kier molecular flexibility index (Phi) is 2.74. The molecule has 2 aromatic heterocycles. The summed E-state index contributed by atoms with van der Waals surface area (Å²) in [7, 11) is 0. The smallest absolute Gasteiger partial charge is 0.225 e. The summed E-state index contributed by atoms with van der Waals surface area (Å²) in [6, 6.07) is 13.9. The van der Waals surface area contributed by atoms with Crippen LogP contribution in [0.15, 0.2) is 48.5 Å². The molecular formula is C17H11ClN2O2. The molecule has 0 aliphatic rings. The highest BCUT2D eigenvalue weighted by Crippen LogP contribution is 2.26. The first-order valence-corrected chi connectivity index (χ1v) is 7.13. The van der Waals surface area contributed by atoms with E-state index >= 15 is 0 Å². The lowest BCUT2D eigenvalue weighted by Crippen LogP contribution is -2.01. The van der Waals surface area contributed by atoms with Crippen molar-refractivity contribution in [1.29, 1.82) is 0 Å². The summed E-state index contributed by atoms with van der Waals surface area (Å²) in [4.78, 5) is 18.8. The molecule has 0 aliphatic heterocycles. The molecule has 0 fully saturated rings. The van der Waals surface area contributed by atoms with Gasteiger partial charge in [0.15, 0.2) is 0 Å². The van der Waals surface area contributed by atoms with Crippen LogP contribution in [0, 0.1) is 0 Å². The van der Waals surface area contributed by atoms with Crippen molar-refractivity contribution in [3.05, 3.63) is 64.9 Å². The number of carbonyl (C=O) groups excluding carboxylic acids is 1. The van der Waals surface area contributed by atoms with Crippen molar-refractivity contribution in [2.45, 2.75) is 0 Å². The lowest BCUT2D eigenvalue weighted by molar-refractivity contribution is 0.103. The number of hydrogen-bond acceptors (Lipinski definition) is 2. The molecular weight excluding hydrogens is 300 g/mol. The SMILES string of the molecule is O=C(c1cc2cc(O)ccc2[nH]1)c1cc2c(Cl)cccc2[nH]1. The predicted octanol–water partition coefficient (Wildman–Crippen LogP) is 4.24. The van der Waals surface area contributed by atoms with E-state index in [-0.39, 0.29) is 11.5 Å². The van der Waals surface area contributed by atoms with Crippen LogP contribution in [0.25, 0.3) is 21.8 Å². The number of nitrogens with one attached hydrogen (secondary N) is 2. The van der Waals surface area contributed by atoms with Crippen molar-refractivity contribution in [3.63, 3.8) is 0 Å². The highest BCUT2D eigenvalue weighted by molar-refractivity contribution is 6.35. The average Bonchev–Trinajstić information content (AvgIpc) is 3.10. The molecule has 0 saturated carbocycles. The Bertz CT molecular complexity index is 1030. The second kappa shape index (κ2) is 4.64. The molecule has 0 amide bonds. The van der Waals surface area contributed by atoms with Crippen LogP contribution in [0.2, 0.25) is 5.02 Å². The van der Waals surface area contributed by atoms with E-state index in [0.717, 1.165) is 21.8 Å². The summed E-state index contributed by atoms with van der Waals surface area (Å²) < 4.78 is 0. The van der Waals surface area contributed by atoms with Gasteiger partial charge in [-0.05, 0) is 42.5 Å². The Balaban J connectivity index is 1.82. The predicted molar refractivity (Wildman–Crippen MR) is 86.7 cm³/mol. The number of aromatic amines is 2. The number of aromatic nitrogens is 2. The largest absolute Gasteiger partial charge is 0.508 e. The normalized spacial score (nSPS) is 11.3. The van der Waals surface area contributed by atoms with Gasteiger partial charge < -0.3 is 15.1 Å². The monoisotopic (exact) mass is 310 g/mol. The quantitative estimate of drug-likeness (QED) is 0.485. The number of phenolic OH excluding ortho intramolecular Hbond substituents is 1. The Hall–Kier alpha value is -2.72. The van der Waals surface area contributed by atoms with Crippen molar-refractivity contribution in [3.8, 4) is 5.75 Å². The Morgan fingerprint density at radius 3 is 2.55 bits per heavy atom. The number of hydrogen-bond donors (Lipinski definition) is 3. The van der Waals surface area contributed by atoms with Crippen molar-refractivity contribution < 1.29 is 9.90 Å². The third-order valence-corrected chi connectivity index (χ3v) is 4.03. The number of carbonyl (C=O) groups is 1. The van der Waals surface area contributed by atoms with E-state index in [1.54, 1.807) is 36.4 Å². The van der Waals surface area contributed by atoms with Crippen LogP contribution in [0.3, 0.4) is 0 Å².